The molecule has 2 aromatic rings. The number of rotatable bonds is 5. The molecule has 0 unspecified atom stereocenters. The van der Waals surface area contributed by atoms with E-state index in [0.29, 0.717) is 18.4 Å². The van der Waals surface area contributed by atoms with Crippen molar-refractivity contribution in [1.29, 1.82) is 0 Å². The minimum atomic E-state index is 0.0731. The molecule has 3 atom stereocenters. The Hall–Kier alpha value is -1.93. The van der Waals surface area contributed by atoms with Gasteiger partial charge < -0.3 is 4.74 Å². The minimum absolute atomic E-state index is 0.0731. The summed E-state index contributed by atoms with van der Waals surface area (Å²) in [5, 5.41) is 0. The molecule has 2 heteroatoms. The van der Waals surface area contributed by atoms with Crippen LogP contribution in [-0.2, 0) is 11.3 Å². The molecule has 0 spiro atoms. The molecule has 2 aromatic carbocycles. The van der Waals surface area contributed by atoms with Crippen molar-refractivity contribution in [2.45, 2.75) is 32.5 Å². The van der Waals surface area contributed by atoms with E-state index in [1.54, 1.807) is 0 Å². The molecule has 22 heavy (non-hydrogen) atoms. The van der Waals surface area contributed by atoms with Crippen LogP contribution in [0.25, 0.3) is 0 Å². The summed E-state index contributed by atoms with van der Waals surface area (Å²) in [5.74, 6) is 0.923. The number of hydrogen-bond acceptors (Lipinski definition) is 2. The van der Waals surface area contributed by atoms with Crippen molar-refractivity contribution in [3.63, 3.8) is 0 Å². The molecular formula is C20H23NO. The van der Waals surface area contributed by atoms with Gasteiger partial charge in [-0.05, 0) is 18.1 Å². The molecule has 0 aromatic heterocycles. The maximum atomic E-state index is 6.04. The number of ether oxygens (including phenoxy) is 1. The van der Waals surface area contributed by atoms with Gasteiger partial charge in [-0.15, -0.1) is 0 Å². The highest BCUT2D eigenvalue weighted by molar-refractivity contribution is 5.92. The molecule has 1 aliphatic heterocycles. The van der Waals surface area contributed by atoms with Crippen LogP contribution in [0.2, 0.25) is 0 Å². The first-order chi connectivity index (χ1) is 10.8. The lowest BCUT2D eigenvalue weighted by molar-refractivity contribution is 0.0935. The zero-order valence-corrected chi connectivity index (χ0v) is 13.3. The van der Waals surface area contributed by atoms with Crippen LogP contribution >= 0.6 is 0 Å². The van der Waals surface area contributed by atoms with Crippen molar-refractivity contribution in [1.82, 2.24) is 0 Å². The monoisotopic (exact) mass is 293 g/mol. The molecule has 2 nitrogen and oxygen atoms in total. The van der Waals surface area contributed by atoms with E-state index in [1.807, 2.05) is 18.2 Å². The summed E-state index contributed by atoms with van der Waals surface area (Å²) >= 11 is 0. The molecule has 0 radical (unpaired) electrons. The van der Waals surface area contributed by atoms with Gasteiger partial charge in [-0.25, -0.2) is 0 Å². The maximum Gasteiger partial charge on any atom is 0.0930 e. The van der Waals surface area contributed by atoms with E-state index in [4.69, 9.17) is 9.73 Å². The van der Waals surface area contributed by atoms with E-state index < -0.39 is 0 Å². The molecule has 0 bridgehead atoms. The third kappa shape index (κ3) is 3.28. The number of nitrogens with zero attached hydrogens (tertiary/aromatic N) is 1. The zero-order valence-electron chi connectivity index (χ0n) is 13.3. The smallest absolute Gasteiger partial charge is 0.0930 e. The van der Waals surface area contributed by atoms with Gasteiger partial charge in [-0.1, -0.05) is 67.6 Å². The van der Waals surface area contributed by atoms with Crippen LogP contribution in [0.15, 0.2) is 65.7 Å². The van der Waals surface area contributed by atoms with E-state index in [0.717, 1.165) is 6.54 Å². The van der Waals surface area contributed by atoms with E-state index in [2.05, 4.69) is 56.3 Å². The van der Waals surface area contributed by atoms with Crippen molar-refractivity contribution in [3.05, 3.63) is 71.8 Å². The normalized spacial score (nSPS) is 22.4. The van der Waals surface area contributed by atoms with Gasteiger partial charge in [-0.2, -0.15) is 0 Å². The van der Waals surface area contributed by atoms with Crippen molar-refractivity contribution in [3.8, 4) is 0 Å². The second-order valence-corrected chi connectivity index (χ2v) is 6.01. The summed E-state index contributed by atoms with van der Waals surface area (Å²) in [6.45, 7) is 5.90. The summed E-state index contributed by atoms with van der Waals surface area (Å²) in [6.07, 6.45) is 0.0731. The summed E-state index contributed by atoms with van der Waals surface area (Å²) < 4.78 is 6.04. The first kappa shape index (κ1) is 15.0. The highest BCUT2D eigenvalue weighted by Gasteiger charge is 2.31. The van der Waals surface area contributed by atoms with Gasteiger partial charge in [0, 0.05) is 24.1 Å². The number of benzene rings is 2. The van der Waals surface area contributed by atoms with E-state index in [-0.39, 0.29) is 6.10 Å². The Kier molecular flexibility index (Phi) is 4.69. The van der Waals surface area contributed by atoms with Crippen molar-refractivity contribution < 1.29 is 4.74 Å². The SMILES string of the molecule is C[C@H](OCc1ccccc1)C1=NC[C@@H](c2ccccc2)[C@@H]1C. The van der Waals surface area contributed by atoms with Gasteiger partial charge in [0.25, 0.3) is 0 Å². The van der Waals surface area contributed by atoms with Crippen LogP contribution in [-0.4, -0.2) is 18.4 Å². The highest BCUT2D eigenvalue weighted by atomic mass is 16.5. The van der Waals surface area contributed by atoms with Gasteiger partial charge >= 0.3 is 0 Å². The quantitative estimate of drug-likeness (QED) is 0.797. The number of hydrogen-bond donors (Lipinski definition) is 0. The maximum absolute atomic E-state index is 6.04. The molecule has 3 rings (SSSR count). The molecule has 1 aliphatic rings. The standard InChI is InChI=1S/C20H23NO/c1-15-19(18-11-7-4-8-12-18)13-21-20(15)16(2)22-14-17-9-5-3-6-10-17/h3-12,15-16,19H,13-14H2,1-2H3/t15-,16-,19+/m0/s1. The fourth-order valence-electron chi connectivity index (χ4n) is 3.19. The second kappa shape index (κ2) is 6.89. The lowest BCUT2D eigenvalue weighted by Gasteiger charge is -2.21. The molecule has 0 aliphatic carbocycles. The fourth-order valence-corrected chi connectivity index (χ4v) is 3.19. The average molecular weight is 293 g/mol. The molecule has 1 heterocycles. The van der Waals surface area contributed by atoms with Gasteiger partial charge in [0.1, 0.15) is 0 Å². The molecule has 0 saturated carbocycles. The minimum Gasteiger partial charge on any atom is -0.368 e. The van der Waals surface area contributed by atoms with Crippen LogP contribution in [0, 0.1) is 5.92 Å². The Balaban J connectivity index is 1.61. The molecule has 0 amide bonds. The van der Waals surface area contributed by atoms with Crippen LogP contribution < -0.4 is 0 Å². The summed E-state index contributed by atoms with van der Waals surface area (Å²) in [4.78, 5) is 4.78. The van der Waals surface area contributed by atoms with Crippen LogP contribution in [0.4, 0.5) is 0 Å². The Bertz CT molecular complexity index is 621. The van der Waals surface area contributed by atoms with Crippen molar-refractivity contribution >= 4 is 5.71 Å². The highest BCUT2D eigenvalue weighted by Crippen LogP contribution is 2.32. The largest absolute Gasteiger partial charge is 0.368 e. The number of aliphatic imine (C=N–C) groups is 1. The third-order valence-electron chi connectivity index (χ3n) is 4.53. The van der Waals surface area contributed by atoms with Gasteiger partial charge in [0.2, 0.25) is 0 Å². The van der Waals surface area contributed by atoms with Crippen LogP contribution in [0.5, 0.6) is 0 Å². The van der Waals surface area contributed by atoms with Gasteiger partial charge in [0.15, 0.2) is 0 Å². The van der Waals surface area contributed by atoms with E-state index in [1.165, 1.54) is 16.8 Å². The predicted octanol–water partition coefficient (Wildman–Crippen LogP) is 4.47. The third-order valence-corrected chi connectivity index (χ3v) is 4.53. The van der Waals surface area contributed by atoms with E-state index >= 15 is 0 Å². The molecular weight excluding hydrogens is 270 g/mol. The Morgan fingerprint density at radius 2 is 1.68 bits per heavy atom. The van der Waals surface area contributed by atoms with Gasteiger partial charge in [0.05, 0.1) is 12.7 Å². The van der Waals surface area contributed by atoms with Crippen molar-refractivity contribution in [2.75, 3.05) is 6.54 Å². The molecule has 0 saturated heterocycles. The molecule has 0 fully saturated rings. The second-order valence-electron chi connectivity index (χ2n) is 6.01. The first-order valence-corrected chi connectivity index (χ1v) is 8.00. The van der Waals surface area contributed by atoms with Crippen molar-refractivity contribution in [2.24, 2.45) is 10.9 Å². The summed E-state index contributed by atoms with van der Waals surface area (Å²) in [6, 6.07) is 21.0. The Labute approximate surface area is 132 Å². The first-order valence-electron chi connectivity index (χ1n) is 8.00. The molecule has 0 N–H and O–H groups in total. The summed E-state index contributed by atoms with van der Waals surface area (Å²) in [5.41, 5.74) is 3.79. The average Bonchev–Trinajstić information content (AvgIpc) is 2.96. The van der Waals surface area contributed by atoms with Crippen LogP contribution in [0.3, 0.4) is 0 Å². The lowest BCUT2D eigenvalue weighted by atomic mass is 9.85. The lowest BCUT2D eigenvalue weighted by Crippen LogP contribution is -2.26. The Morgan fingerprint density at radius 3 is 2.36 bits per heavy atom. The van der Waals surface area contributed by atoms with Gasteiger partial charge in [-0.3, -0.25) is 4.99 Å². The van der Waals surface area contributed by atoms with E-state index in [9.17, 15) is 0 Å². The molecule has 114 valence electrons. The zero-order chi connectivity index (χ0) is 15.4. The predicted molar refractivity (Wildman–Crippen MR) is 91.3 cm³/mol. The Morgan fingerprint density at radius 1 is 1.05 bits per heavy atom. The topological polar surface area (TPSA) is 21.6 Å². The fraction of sp³-hybridized carbons (Fsp3) is 0.350. The summed E-state index contributed by atoms with van der Waals surface area (Å²) in [7, 11) is 0. The van der Waals surface area contributed by atoms with Crippen LogP contribution in [0.1, 0.15) is 30.9 Å².